The maximum atomic E-state index is 12.3. The quantitative estimate of drug-likeness (QED) is 0.854. The summed E-state index contributed by atoms with van der Waals surface area (Å²) in [6.07, 6.45) is 3.08. The lowest BCUT2D eigenvalue weighted by Crippen LogP contribution is -2.15. The van der Waals surface area contributed by atoms with E-state index in [1.807, 2.05) is 13.0 Å². The van der Waals surface area contributed by atoms with Crippen LogP contribution in [0.1, 0.15) is 12.5 Å². The Morgan fingerprint density at radius 3 is 2.60 bits per heavy atom. The van der Waals surface area contributed by atoms with Crippen LogP contribution in [0.3, 0.4) is 0 Å². The van der Waals surface area contributed by atoms with Crippen LogP contribution in [0.25, 0.3) is 0 Å². The molecule has 0 saturated carbocycles. The average molecular weight is 291 g/mol. The van der Waals surface area contributed by atoms with Gasteiger partial charge in [0.15, 0.2) is 0 Å². The van der Waals surface area contributed by atoms with E-state index in [9.17, 15) is 8.42 Å². The number of nitrogens with one attached hydrogen (secondary N) is 2. The minimum absolute atomic E-state index is 0.254. The van der Waals surface area contributed by atoms with Gasteiger partial charge in [-0.3, -0.25) is 9.71 Å². The number of anilines is 1. The highest BCUT2D eigenvalue weighted by Gasteiger charge is 2.14. The summed E-state index contributed by atoms with van der Waals surface area (Å²) in [4.78, 5) is 4.11. The molecule has 1 aromatic carbocycles. The highest BCUT2D eigenvalue weighted by molar-refractivity contribution is 7.92. The van der Waals surface area contributed by atoms with Crippen molar-refractivity contribution < 1.29 is 8.42 Å². The summed E-state index contributed by atoms with van der Waals surface area (Å²) >= 11 is 0. The van der Waals surface area contributed by atoms with Gasteiger partial charge in [0.2, 0.25) is 0 Å². The molecule has 20 heavy (non-hydrogen) atoms. The molecule has 0 amide bonds. The standard InChI is InChI=1S/C14H17N3O2S/c1-2-15-11-12-4-3-5-14(10-12)20(18,19)17-13-6-8-16-9-7-13/h3-10,15H,2,11H2,1H3,(H,16,17). The van der Waals surface area contributed by atoms with Crippen LogP contribution in [-0.4, -0.2) is 19.9 Å². The second kappa shape index (κ2) is 6.49. The zero-order chi connectivity index (χ0) is 14.4. The molecule has 0 atom stereocenters. The summed E-state index contributed by atoms with van der Waals surface area (Å²) in [6, 6.07) is 10.1. The molecule has 0 radical (unpaired) electrons. The molecular weight excluding hydrogens is 274 g/mol. The largest absolute Gasteiger partial charge is 0.313 e. The molecule has 1 aromatic heterocycles. The summed E-state index contributed by atoms with van der Waals surface area (Å²) < 4.78 is 27.1. The van der Waals surface area contributed by atoms with Crippen molar-refractivity contribution in [3.63, 3.8) is 0 Å². The molecule has 0 fully saturated rings. The fraction of sp³-hybridized carbons (Fsp3) is 0.214. The number of benzene rings is 1. The first-order valence-corrected chi connectivity index (χ1v) is 7.82. The molecule has 6 heteroatoms. The summed E-state index contributed by atoms with van der Waals surface area (Å²) in [6.45, 7) is 3.49. The van der Waals surface area contributed by atoms with Gasteiger partial charge in [-0.05, 0) is 36.4 Å². The third-order valence-electron chi connectivity index (χ3n) is 2.72. The number of sulfonamides is 1. The van der Waals surface area contributed by atoms with Crippen molar-refractivity contribution in [1.82, 2.24) is 10.3 Å². The number of hydrogen-bond donors (Lipinski definition) is 2. The molecule has 2 rings (SSSR count). The van der Waals surface area contributed by atoms with Crippen LogP contribution in [0.15, 0.2) is 53.7 Å². The summed E-state index contributed by atoms with van der Waals surface area (Å²) in [5.74, 6) is 0. The predicted molar refractivity (Wildman–Crippen MR) is 78.9 cm³/mol. The Morgan fingerprint density at radius 2 is 1.90 bits per heavy atom. The molecule has 0 unspecified atom stereocenters. The fourth-order valence-corrected chi connectivity index (χ4v) is 2.85. The zero-order valence-electron chi connectivity index (χ0n) is 11.2. The fourth-order valence-electron chi connectivity index (χ4n) is 1.73. The lowest BCUT2D eigenvalue weighted by Gasteiger charge is -2.09. The van der Waals surface area contributed by atoms with E-state index in [0.717, 1.165) is 12.1 Å². The molecule has 0 aliphatic heterocycles. The van der Waals surface area contributed by atoms with Gasteiger partial charge in [0.25, 0.3) is 10.0 Å². The predicted octanol–water partition coefficient (Wildman–Crippen LogP) is 1.99. The zero-order valence-corrected chi connectivity index (χ0v) is 12.0. The molecule has 0 aliphatic rings. The van der Waals surface area contributed by atoms with Crippen molar-refractivity contribution in [2.75, 3.05) is 11.3 Å². The van der Waals surface area contributed by atoms with Crippen molar-refractivity contribution in [3.8, 4) is 0 Å². The van der Waals surface area contributed by atoms with E-state index in [1.54, 1.807) is 42.7 Å². The number of nitrogens with zero attached hydrogens (tertiary/aromatic N) is 1. The van der Waals surface area contributed by atoms with Crippen LogP contribution in [0.5, 0.6) is 0 Å². The Hall–Kier alpha value is -1.92. The van der Waals surface area contributed by atoms with E-state index >= 15 is 0 Å². The molecule has 0 saturated heterocycles. The molecule has 0 aliphatic carbocycles. The molecule has 2 N–H and O–H groups in total. The van der Waals surface area contributed by atoms with Crippen molar-refractivity contribution in [3.05, 3.63) is 54.4 Å². The van der Waals surface area contributed by atoms with Gasteiger partial charge in [0, 0.05) is 18.9 Å². The maximum Gasteiger partial charge on any atom is 0.261 e. The molecule has 0 bridgehead atoms. The van der Waals surface area contributed by atoms with Crippen molar-refractivity contribution in [2.45, 2.75) is 18.4 Å². The van der Waals surface area contributed by atoms with Crippen LogP contribution < -0.4 is 10.0 Å². The summed E-state index contributed by atoms with van der Waals surface area (Å²) in [5.41, 5.74) is 1.43. The minimum atomic E-state index is -3.57. The number of pyridine rings is 1. The molecule has 1 heterocycles. The first-order valence-electron chi connectivity index (χ1n) is 6.34. The first kappa shape index (κ1) is 14.5. The normalized spacial score (nSPS) is 11.2. The van der Waals surface area contributed by atoms with E-state index in [-0.39, 0.29) is 4.90 Å². The Morgan fingerprint density at radius 1 is 1.15 bits per heavy atom. The lowest BCUT2D eigenvalue weighted by atomic mass is 10.2. The molecule has 106 valence electrons. The highest BCUT2D eigenvalue weighted by atomic mass is 32.2. The van der Waals surface area contributed by atoms with Crippen molar-refractivity contribution in [1.29, 1.82) is 0 Å². The second-order valence-electron chi connectivity index (χ2n) is 4.27. The Balaban J connectivity index is 2.21. The highest BCUT2D eigenvalue weighted by Crippen LogP contribution is 2.16. The molecular formula is C14H17N3O2S. The van der Waals surface area contributed by atoms with E-state index < -0.39 is 10.0 Å². The van der Waals surface area contributed by atoms with E-state index in [4.69, 9.17) is 0 Å². The van der Waals surface area contributed by atoms with Gasteiger partial charge in [-0.1, -0.05) is 19.1 Å². The summed E-state index contributed by atoms with van der Waals surface area (Å²) in [5, 5.41) is 3.17. The van der Waals surface area contributed by atoms with Crippen LogP contribution >= 0.6 is 0 Å². The smallest absolute Gasteiger partial charge is 0.261 e. The SMILES string of the molecule is CCNCc1cccc(S(=O)(=O)Nc2ccncc2)c1. The third-order valence-corrected chi connectivity index (χ3v) is 4.10. The maximum absolute atomic E-state index is 12.3. The first-order chi connectivity index (χ1) is 9.62. The van der Waals surface area contributed by atoms with E-state index in [1.165, 1.54) is 0 Å². The molecule has 0 spiro atoms. The van der Waals surface area contributed by atoms with E-state index in [0.29, 0.717) is 12.2 Å². The number of aromatic nitrogens is 1. The van der Waals surface area contributed by atoms with Crippen molar-refractivity contribution >= 4 is 15.7 Å². The average Bonchev–Trinajstić information content (AvgIpc) is 2.46. The number of hydrogen-bond acceptors (Lipinski definition) is 4. The van der Waals surface area contributed by atoms with Crippen LogP contribution in [-0.2, 0) is 16.6 Å². The molecule has 2 aromatic rings. The Labute approximate surface area is 119 Å². The number of rotatable bonds is 6. The van der Waals surface area contributed by atoms with Gasteiger partial charge >= 0.3 is 0 Å². The Bertz CT molecular complexity index is 657. The summed E-state index contributed by atoms with van der Waals surface area (Å²) in [7, 11) is -3.57. The Kier molecular flexibility index (Phi) is 4.70. The molecule has 5 nitrogen and oxygen atoms in total. The van der Waals surface area contributed by atoms with Gasteiger partial charge in [-0.25, -0.2) is 8.42 Å². The van der Waals surface area contributed by atoms with Gasteiger partial charge in [-0.2, -0.15) is 0 Å². The topological polar surface area (TPSA) is 71.1 Å². The van der Waals surface area contributed by atoms with Gasteiger partial charge < -0.3 is 5.32 Å². The van der Waals surface area contributed by atoms with E-state index in [2.05, 4.69) is 15.0 Å². The van der Waals surface area contributed by atoms with Crippen LogP contribution in [0, 0.1) is 0 Å². The van der Waals surface area contributed by atoms with Gasteiger partial charge in [0.1, 0.15) is 0 Å². The monoisotopic (exact) mass is 291 g/mol. The van der Waals surface area contributed by atoms with Gasteiger partial charge in [0.05, 0.1) is 10.6 Å². The second-order valence-corrected chi connectivity index (χ2v) is 5.95. The van der Waals surface area contributed by atoms with Gasteiger partial charge in [-0.15, -0.1) is 0 Å². The minimum Gasteiger partial charge on any atom is -0.313 e. The van der Waals surface area contributed by atoms with Crippen LogP contribution in [0.2, 0.25) is 0 Å². The third kappa shape index (κ3) is 3.79. The van der Waals surface area contributed by atoms with Crippen LogP contribution in [0.4, 0.5) is 5.69 Å². The van der Waals surface area contributed by atoms with Crippen molar-refractivity contribution in [2.24, 2.45) is 0 Å². The lowest BCUT2D eigenvalue weighted by molar-refractivity contribution is 0.601.